The normalized spacial score (nSPS) is 58.5. The van der Waals surface area contributed by atoms with Crippen LogP contribution < -0.4 is 5.73 Å². The summed E-state index contributed by atoms with van der Waals surface area (Å²) in [6.07, 6.45) is 7.37. The molecule has 0 saturated heterocycles. The van der Waals surface area contributed by atoms with Crippen molar-refractivity contribution in [1.29, 1.82) is 0 Å². The zero-order chi connectivity index (χ0) is 16.6. The maximum absolute atomic E-state index is 12.3. The van der Waals surface area contributed by atoms with Crippen LogP contribution in [-0.2, 0) is 4.79 Å². The van der Waals surface area contributed by atoms with Gasteiger partial charge in [-0.05, 0) is 60.2 Å². The van der Waals surface area contributed by atoms with Crippen LogP contribution in [0.2, 0.25) is 0 Å². The Bertz CT molecular complexity index is 561. The molecule has 0 radical (unpaired) electrons. The van der Waals surface area contributed by atoms with Gasteiger partial charge in [-0.25, -0.2) is 0 Å². The Morgan fingerprint density at radius 1 is 1.22 bits per heavy atom. The van der Waals surface area contributed by atoms with Gasteiger partial charge in [0.15, 0.2) is 0 Å². The van der Waals surface area contributed by atoms with E-state index in [-0.39, 0.29) is 46.7 Å². The Morgan fingerprint density at radius 3 is 2.70 bits per heavy atom. The number of aliphatic hydroxyl groups is 2. The summed E-state index contributed by atoms with van der Waals surface area (Å²) in [5.41, 5.74) is 6.11. The van der Waals surface area contributed by atoms with E-state index < -0.39 is 0 Å². The number of carbonyl (C=O) groups is 1. The highest BCUT2D eigenvalue weighted by molar-refractivity contribution is 5.87. The van der Waals surface area contributed by atoms with E-state index in [9.17, 15) is 15.0 Å². The second-order valence-corrected chi connectivity index (χ2v) is 9.01. The molecule has 4 aliphatic carbocycles. The third-order valence-corrected chi connectivity index (χ3v) is 8.10. The molecule has 3 fully saturated rings. The molecule has 3 saturated carbocycles. The summed E-state index contributed by atoms with van der Waals surface area (Å²) in [4.78, 5) is 12.3. The molecule has 0 aromatic rings. The minimum Gasteiger partial charge on any atom is -0.393 e. The van der Waals surface area contributed by atoms with Gasteiger partial charge < -0.3 is 15.9 Å². The van der Waals surface area contributed by atoms with Gasteiger partial charge in [0.2, 0.25) is 0 Å². The van der Waals surface area contributed by atoms with Crippen LogP contribution in [0.3, 0.4) is 0 Å². The molecule has 128 valence electrons. The van der Waals surface area contributed by atoms with Gasteiger partial charge in [0.05, 0.1) is 18.2 Å². The topological polar surface area (TPSA) is 83.6 Å². The van der Waals surface area contributed by atoms with E-state index in [4.69, 9.17) is 5.73 Å². The number of Topliss-reactive ketones (excluding diaryl/α,β-unsaturated/α-hetero) is 1. The number of aliphatic hydroxyl groups excluding tert-OH is 2. The lowest BCUT2D eigenvalue weighted by atomic mass is 9.45. The average molecular weight is 319 g/mol. The summed E-state index contributed by atoms with van der Waals surface area (Å²) >= 11 is 0. The first-order chi connectivity index (χ1) is 10.8. The molecule has 0 aliphatic heterocycles. The maximum Gasteiger partial charge on any atom is 0.150 e. The van der Waals surface area contributed by atoms with Crippen LogP contribution in [0.1, 0.15) is 46.0 Å². The Kier molecular flexibility index (Phi) is 3.37. The molecule has 0 amide bonds. The predicted molar refractivity (Wildman–Crippen MR) is 87.4 cm³/mol. The summed E-state index contributed by atoms with van der Waals surface area (Å²) in [5.74, 6) is 1.25. The van der Waals surface area contributed by atoms with Crippen LogP contribution in [0.25, 0.3) is 0 Å². The smallest absolute Gasteiger partial charge is 0.150 e. The Labute approximate surface area is 138 Å². The monoisotopic (exact) mass is 319 g/mol. The number of ketones is 1. The SMILES string of the molecule is C[C@]12C=C[C@H](O)C[C@H]1C[C@H](O)[C@@H]1[C@@H]2CC[C@]2(C)[C@@H](N)C(=O)C[C@@H]12. The van der Waals surface area contributed by atoms with Crippen LogP contribution in [0, 0.1) is 34.5 Å². The third-order valence-electron chi connectivity index (χ3n) is 8.10. The van der Waals surface area contributed by atoms with E-state index in [0.29, 0.717) is 18.3 Å². The van der Waals surface area contributed by atoms with E-state index in [1.54, 1.807) is 0 Å². The lowest BCUT2D eigenvalue weighted by Crippen LogP contribution is -2.58. The minimum absolute atomic E-state index is 0.0280. The van der Waals surface area contributed by atoms with E-state index >= 15 is 0 Å². The molecule has 4 heteroatoms. The van der Waals surface area contributed by atoms with Gasteiger partial charge in [0.1, 0.15) is 5.78 Å². The van der Waals surface area contributed by atoms with Crippen LogP contribution in [0.4, 0.5) is 0 Å². The summed E-state index contributed by atoms with van der Waals surface area (Å²) in [6.45, 7) is 4.45. The molecule has 0 aromatic heterocycles. The number of allylic oxidation sites excluding steroid dienone is 1. The van der Waals surface area contributed by atoms with Gasteiger partial charge in [-0.2, -0.15) is 0 Å². The summed E-state index contributed by atoms with van der Waals surface area (Å²) in [7, 11) is 0. The van der Waals surface area contributed by atoms with Crippen molar-refractivity contribution in [2.75, 3.05) is 0 Å². The van der Waals surface area contributed by atoms with Crippen LogP contribution in [0.5, 0.6) is 0 Å². The van der Waals surface area contributed by atoms with Gasteiger partial charge in [-0.1, -0.05) is 26.0 Å². The lowest BCUT2D eigenvalue weighted by Gasteiger charge is -2.60. The number of nitrogens with two attached hydrogens (primary N) is 1. The Balaban J connectivity index is 1.73. The molecule has 4 rings (SSSR count). The maximum atomic E-state index is 12.3. The largest absolute Gasteiger partial charge is 0.393 e. The fourth-order valence-corrected chi connectivity index (χ4v) is 6.60. The highest BCUT2D eigenvalue weighted by Gasteiger charge is 2.63. The molecule has 4 aliphatic rings. The molecule has 0 aromatic carbocycles. The standard InChI is InChI=1S/C19H29NO3/c1-18-5-3-11(21)7-10(18)8-14(22)16-12(18)4-6-19(2)13(16)9-15(23)17(19)20/h3,5,10-14,16-17,21-22H,4,6-9,20H2,1-2H3/t10-,11-,12-,13-,14-,16+,17-,18-,19-/m0/s1. The first-order valence-electron chi connectivity index (χ1n) is 9.11. The predicted octanol–water partition coefficient (Wildman–Crippen LogP) is 1.64. The highest BCUT2D eigenvalue weighted by Crippen LogP contribution is 2.64. The van der Waals surface area contributed by atoms with E-state index in [1.807, 2.05) is 6.08 Å². The van der Waals surface area contributed by atoms with Crippen LogP contribution >= 0.6 is 0 Å². The van der Waals surface area contributed by atoms with Crippen molar-refractivity contribution in [2.45, 2.75) is 64.2 Å². The molecule has 0 heterocycles. The second kappa shape index (κ2) is 4.90. The Hall–Kier alpha value is -0.710. The van der Waals surface area contributed by atoms with Crippen molar-refractivity contribution >= 4 is 5.78 Å². The first-order valence-corrected chi connectivity index (χ1v) is 9.11. The van der Waals surface area contributed by atoms with Gasteiger partial charge in [-0.15, -0.1) is 0 Å². The fraction of sp³-hybridized carbons (Fsp3) is 0.842. The summed E-state index contributed by atoms with van der Waals surface area (Å²) < 4.78 is 0. The van der Waals surface area contributed by atoms with Crippen LogP contribution in [0.15, 0.2) is 12.2 Å². The van der Waals surface area contributed by atoms with Crippen molar-refractivity contribution < 1.29 is 15.0 Å². The summed E-state index contributed by atoms with van der Waals surface area (Å²) in [6, 6.07) is -0.366. The lowest BCUT2D eigenvalue weighted by molar-refractivity contribution is -0.139. The molecule has 4 N–H and O–H groups in total. The van der Waals surface area contributed by atoms with Crippen molar-refractivity contribution in [1.82, 2.24) is 0 Å². The zero-order valence-electron chi connectivity index (χ0n) is 14.1. The molecule has 9 atom stereocenters. The number of carbonyl (C=O) groups excluding carboxylic acids is 1. The Morgan fingerprint density at radius 2 is 1.96 bits per heavy atom. The average Bonchev–Trinajstić information content (AvgIpc) is 2.73. The second-order valence-electron chi connectivity index (χ2n) is 9.01. The van der Waals surface area contributed by atoms with Gasteiger partial charge in [0, 0.05) is 6.42 Å². The number of hydrogen-bond donors (Lipinski definition) is 3. The van der Waals surface area contributed by atoms with Gasteiger partial charge in [0.25, 0.3) is 0 Å². The van der Waals surface area contributed by atoms with Gasteiger partial charge in [-0.3, -0.25) is 4.79 Å². The van der Waals surface area contributed by atoms with E-state index in [2.05, 4.69) is 19.9 Å². The molecule has 0 bridgehead atoms. The quantitative estimate of drug-likeness (QED) is 0.593. The molecule has 4 nitrogen and oxygen atoms in total. The first kappa shape index (κ1) is 15.8. The number of rotatable bonds is 0. The van der Waals surface area contributed by atoms with Crippen molar-refractivity contribution in [3.63, 3.8) is 0 Å². The highest BCUT2D eigenvalue weighted by atomic mass is 16.3. The van der Waals surface area contributed by atoms with Crippen LogP contribution in [-0.4, -0.2) is 34.2 Å². The number of fused-ring (bicyclic) bond motifs is 5. The van der Waals surface area contributed by atoms with Gasteiger partial charge >= 0.3 is 0 Å². The third kappa shape index (κ3) is 1.98. The molecular weight excluding hydrogens is 290 g/mol. The molecule has 23 heavy (non-hydrogen) atoms. The van der Waals surface area contributed by atoms with Crippen molar-refractivity contribution in [2.24, 2.45) is 40.2 Å². The van der Waals surface area contributed by atoms with Crippen molar-refractivity contribution in [3.05, 3.63) is 12.2 Å². The number of hydrogen-bond acceptors (Lipinski definition) is 4. The zero-order valence-corrected chi connectivity index (χ0v) is 14.1. The van der Waals surface area contributed by atoms with E-state index in [1.165, 1.54) is 0 Å². The molecule has 0 unspecified atom stereocenters. The minimum atomic E-state index is -0.382. The molecular formula is C19H29NO3. The van der Waals surface area contributed by atoms with Crippen molar-refractivity contribution in [3.8, 4) is 0 Å². The van der Waals surface area contributed by atoms with E-state index in [0.717, 1.165) is 25.7 Å². The molecule has 0 spiro atoms. The fourth-order valence-electron chi connectivity index (χ4n) is 6.60. The summed E-state index contributed by atoms with van der Waals surface area (Å²) in [5, 5.41) is 20.9.